The van der Waals surface area contributed by atoms with E-state index in [0.29, 0.717) is 6.61 Å². The summed E-state index contributed by atoms with van der Waals surface area (Å²) in [7, 11) is 0. The SMILES string of the molecule is O=C(c1ccc(OCC2CCCO2)cc1)N1CCCC1c1ccsc1. The van der Waals surface area contributed by atoms with Crippen LogP contribution in [-0.4, -0.2) is 36.7 Å². The number of likely N-dealkylation sites (tertiary alicyclic amines) is 1. The fourth-order valence-corrected chi connectivity index (χ4v) is 4.35. The number of carbonyl (C=O) groups is 1. The number of ether oxygens (including phenoxy) is 2. The number of rotatable bonds is 5. The second kappa shape index (κ2) is 7.58. The highest BCUT2D eigenvalue weighted by molar-refractivity contribution is 7.08. The Balaban J connectivity index is 1.39. The quantitative estimate of drug-likeness (QED) is 0.801. The predicted molar refractivity (Wildman–Crippen MR) is 98.2 cm³/mol. The molecule has 1 aromatic carbocycles. The second-order valence-electron chi connectivity index (χ2n) is 6.68. The molecule has 5 heteroatoms. The van der Waals surface area contributed by atoms with E-state index in [9.17, 15) is 4.79 Å². The first-order valence-corrected chi connectivity index (χ1v) is 9.93. The summed E-state index contributed by atoms with van der Waals surface area (Å²) < 4.78 is 11.3. The molecule has 4 nitrogen and oxygen atoms in total. The number of hydrogen-bond donors (Lipinski definition) is 0. The molecule has 25 heavy (non-hydrogen) atoms. The highest BCUT2D eigenvalue weighted by atomic mass is 32.1. The van der Waals surface area contributed by atoms with Gasteiger partial charge < -0.3 is 14.4 Å². The first-order chi connectivity index (χ1) is 12.3. The van der Waals surface area contributed by atoms with Gasteiger partial charge in [-0.05, 0) is 72.3 Å². The second-order valence-corrected chi connectivity index (χ2v) is 7.46. The van der Waals surface area contributed by atoms with Crippen molar-refractivity contribution in [2.24, 2.45) is 0 Å². The van der Waals surface area contributed by atoms with Crippen LogP contribution < -0.4 is 4.74 Å². The maximum Gasteiger partial charge on any atom is 0.254 e. The van der Waals surface area contributed by atoms with Gasteiger partial charge in [-0.15, -0.1) is 0 Å². The molecular weight excluding hydrogens is 334 g/mol. The zero-order valence-electron chi connectivity index (χ0n) is 14.2. The number of hydrogen-bond acceptors (Lipinski definition) is 4. The summed E-state index contributed by atoms with van der Waals surface area (Å²) in [4.78, 5) is 14.9. The maximum atomic E-state index is 12.9. The summed E-state index contributed by atoms with van der Waals surface area (Å²) in [5, 5.41) is 4.23. The van der Waals surface area contributed by atoms with Crippen molar-refractivity contribution in [3.63, 3.8) is 0 Å². The van der Waals surface area contributed by atoms with E-state index < -0.39 is 0 Å². The molecule has 1 amide bonds. The van der Waals surface area contributed by atoms with Crippen molar-refractivity contribution >= 4 is 17.2 Å². The van der Waals surface area contributed by atoms with E-state index in [1.807, 2.05) is 29.2 Å². The molecule has 1 aromatic heterocycles. The van der Waals surface area contributed by atoms with Crippen LogP contribution in [0.4, 0.5) is 0 Å². The van der Waals surface area contributed by atoms with Crippen LogP contribution in [0.5, 0.6) is 5.75 Å². The number of amides is 1. The Labute approximate surface area is 152 Å². The lowest BCUT2D eigenvalue weighted by atomic mass is 10.1. The first kappa shape index (κ1) is 16.6. The lowest BCUT2D eigenvalue weighted by Gasteiger charge is -2.24. The van der Waals surface area contributed by atoms with Crippen molar-refractivity contribution in [3.8, 4) is 5.75 Å². The van der Waals surface area contributed by atoms with Crippen molar-refractivity contribution < 1.29 is 14.3 Å². The van der Waals surface area contributed by atoms with Crippen LogP contribution >= 0.6 is 11.3 Å². The highest BCUT2D eigenvalue weighted by Crippen LogP contribution is 2.34. The van der Waals surface area contributed by atoms with E-state index in [2.05, 4.69) is 16.8 Å². The van der Waals surface area contributed by atoms with E-state index in [0.717, 1.165) is 50.1 Å². The molecule has 2 aliphatic rings. The molecule has 2 atom stereocenters. The summed E-state index contributed by atoms with van der Waals surface area (Å²) in [6.45, 7) is 2.25. The minimum Gasteiger partial charge on any atom is -0.491 e. The summed E-state index contributed by atoms with van der Waals surface area (Å²) in [6, 6.07) is 9.86. The van der Waals surface area contributed by atoms with E-state index in [4.69, 9.17) is 9.47 Å². The first-order valence-electron chi connectivity index (χ1n) is 8.99. The van der Waals surface area contributed by atoms with Crippen LogP contribution in [0.1, 0.15) is 47.6 Å². The lowest BCUT2D eigenvalue weighted by Crippen LogP contribution is -2.30. The molecule has 0 N–H and O–H groups in total. The Kier molecular flexibility index (Phi) is 5.04. The Hall–Kier alpha value is -1.85. The molecule has 2 aliphatic heterocycles. The molecule has 132 valence electrons. The third kappa shape index (κ3) is 3.72. The number of benzene rings is 1. The maximum absolute atomic E-state index is 12.9. The van der Waals surface area contributed by atoms with Gasteiger partial charge in [0, 0.05) is 18.7 Å². The van der Waals surface area contributed by atoms with Crippen molar-refractivity contribution in [2.45, 2.75) is 37.8 Å². The fraction of sp³-hybridized carbons (Fsp3) is 0.450. The molecule has 0 spiro atoms. The average Bonchev–Trinajstić information content (AvgIpc) is 3.41. The number of carbonyl (C=O) groups excluding carboxylic acids is 1. The largest absolute Gasteiger partial charge is 0.491 e. The zero-order chi connectivity index (χ0) is 17.1. The molecule has 0 saturated carbocycles. The van der Waals surface area contributed by atoms with Crippen molar-refractivity contribution in [3.05, 3.63) is 52.2 Å². The van der Waals surface area contributed by atoms with E-state index >= 15 is 0 Å². The molecule has 0 bridgehead atoms. The molecule has 2 fully saturated rings. The van der Waals surface area contributed by atoms with Crippen molar-refractivity contribution in [1.29, 1.82) is 0 Å². The van der Waals surface area contributed by atoms with Gasteiger partial charge in [0.2, 0.25) is 0 Å². The molecule has 0 aliphatic carbocycles. The monoisotopic (exact) mass is 357 g/mol. The molecular formula is C20H23NO3S. The van der Waals surface area contributed by atoms with Gasteiger partial charge in [-0.1, -0.05) is 0 Å². The van der Waals surface area contributed by atoms with Crippen molar-refractivity contribution in [2.75, 3.05) is 19.8 Å². The molecule has 0 radical (unpaired) electrons. The van der Waals surface area contributed by atoms with E-state index in [1.54, 1.807) is 11.3 Å². The van der Waals surface area contributed by atoms with Crippen LogP contribution in [0.25, 0.3) is 0 Å². The van der Waals surface area contributed by atoms with Crippen LogP contribution in [0, 0.1) is 0 Å². The standard InChI is InChI=1S/C20H23NO3S/c22-20(21-10-1-4-19(21)16-9-12-25-14-16)15-5-7-17(8-6-15)24-13-18-3-2-11-23-18/h5-9,12,14,18-19H,1-4,10-11,13H2. The van der Waals surface area contributed by atoms with Gasteiger partial charge >= 0.3 is 0 Å². The van der Waals surface area contributed by atoms with Gasteiger partial charge in [0.25, 0.3) is 5.91 Å². The van der Waals surface area contributed by atoms with Crippen LogP contribution in [0.3, 0.4) is 0 Å². The minimum absolute atomic E-state index is 0.111. The Morgan fingerprint density at radius 1 is 1.20 bits per heavy atom. The molecule has 2 aromatic rings. The molecule has 2 saturated heterocycles. The van der Waals surface area contributed by atoms with Crippen molar-refractivity contribution in [1.82, 2.24) is 4.90 Å². The molecule has 4 rings (SSSR count). The third-order valence-corrected chi connectivity index (χ3v) is 5.70. The smallest absolute Gasteiger partial charge is 0.254 e. The summed E-state index contributed by atoms with van der Waals surface area (Å²) in [5.41, 5.74) is 1.99. The molecule has 3 heterocycles. The fourth-order valence-electron chi connectivity index (χ4n) is 3.65. The minimum atomic E-state index is 0.111. The topological polar surface area (TPSA) is 38.8 Å². The highest BCUT2D eigenvalue weighted by Gasteiger charge is 2.30. The zero-order valence-corrected chi connectivity index (χ0v) is 15.0. The summed E-state index contributed by atoms with van der Waals surface area (Å²) >= 11 is 1.69. The van der Waals surface area contributed by atoms with Gasteiger partial charge in [0.05, 0.1) is 12.1 Å². The van der Waals surface area contributed by atoms with Crippen LogP contribution in [-0.2, 0) is 4.74 Å². The predicted octanol–water partition coefficient (Wildman–Crippen LogP) is 4.28. The van der Waals surface area contributed by atoms with Gasteiger partial charge in [0.15, 0.2) is 0 Å². The summed E-state index contributed by atoms with van der Waals surface area (Å²) in [6.07, 6.45) is 4.50. The Bertz CT molecular complexity index is 692. The van der Waals surface area contributed by atoms with Crippen LogP contribution in [0.2, 0.25) is 0 Å². The van der Waals surface area contributed by atoms with Crippen LogP contribution in [0.15, 0.2) is 41.1 Å². The van der Waals surface area contributed by atoms with Gasteiger partial charge in [-0.25, -0.2) is 0 Å². The molecule has 2 unspecified atom stereocenters. The Morgan fingerprint density at radius 2 is 2.08 bits per heavy atom. The van der Waals surface area contributed by atoms with Gasteiger partial charge in [0.1, 0.15) is 12.4 Å². The third-order valence-electron chi connectivity index (χ3n) is 5.00. The number of thiophene rings is 1. The number of nitrogens with zero attached hydrogens (tertiary/aromatic N) is 1. The summed E-state index contributed by atoms with van der Waals surface area (Å²) in [5.74, 6) is 0.905. The average molecular weight is 357 g/mol. The van der Waals surface area contributed by atoms with E-state index in [-0.39, 0.29) is 18.1 Å². The lowest BCUT2D eigenvalue weighted by molar-refractivity contribution is 0.0678. The van der Waals surface area contributed by atoms with Gasteiger partial charge in [-0.3, -0.25) is 4.79 Å². The van der Waals surface area contributed by atoms with E-state index in [1.165, 1.54) is 5.56 Å². The normalized spacial score (nSPS) is 23.1. The Morgan fingerprint density at radius 3 is 2.80 bits per heavy atom. The van der Waals surface area contributed by atoms with Gasteiger partial charge in [-0.2, -0.15) is 11.3 Å².